The van der Waals surface area contributed by atoms with Gasteiger partial charge in [-0.2, -0.15) is 0 Å². The van der Waals surface area contributed by atoms with Crippen molar-refractivity contribution in [3.63, 3.8) is 0 Å². The summed E-state index contributed by atoms with van der Waals surface area (Å²) in [5.41, 5.74) is 11.6. The van der Waals surface area contributed by atoms with E-state index >= 15 is 0 Å². The number of fused-ring (bicyclic) bond motifs is 6. The van der Waals surface area contributed by atoms with E-state index in [1.54, 1.807) is 0 Å². The molecule has 266 valence electrons. The molecule has 11 aromatic rings. The molecule has 0 spiro atoms. The summed E-state index contributed by atoms with van der Waals surface area (Å²) in [7, 11) is 0. The predicted octanol–water partition coefficient (Wildman–Crippen LogP) is 13.0. The molecule has 0 aliphatic rings. The minimum absolute atomic E-state index is 0.636. The van der Waals surface area contributed by atoms with Gasteiger partial charge in [-0.3, -0.25) is 0 Å². The van der Waals surface area contributed by atoms with Crippen LogP contribution in [-0.2, 0) is 0 Å². The van der Waals surface area contributed by atoms with Crippen LogP contribution in [0.15, 0.2) is 200 Å². The predicted molar refractivity (Wildman–Crippen MR) is 234 cm³/mol. The van der Waals surface area contributed by atoms with Crippen LogP contribution in [0.4, 0.5) is 0 Å². The fraction of sp³-hybridized carbons (Fsp3) is 0. The summed E-state index contributed by atoms with van der Waals surface area (Å²) in [5, 5.41) is 5.81. The molecule has 0 fully saturated rings. The van der Waals surface area contributed by atoms with Crippen molar-refractivity contribution in [2.24, 2.45) is 0 Å². The first kappa shape index (κ1) is 32.7. The normalized spacial score (nSPS) is 11.5. The number of hydrogen-bond donors (Lipinski definition) is 0. The number of benzene rings is 8. The highest BCUT2D eigenvalue weighted by Gasteiger charge is 2.18. The zero-order chi connectivity index (χ0) is 37.7. The molecule has 0 N–H and O–H groups in total. The Morgan fingerprint density at radius 1 is 0.281 bits per heavy atom. The van der Waals surface area contributed by atoms with Crippen LogP contribution in [0.2, 0.25) is 0 Å². The molecule has 0 bridgehead atoms. The van der Waals surface area contributed by atoms with Crippen molar-refractivity contribution in [2.75, 3.05) is 0 Å². The summed E-state index contributed by atoms with van der Waals surface area (Å²) in [5.74, 6) is 1.93. The molecule has 0 saturated carbocycles. The molecule has 11 rings (SSSR count). The zero-order valence-corrected chi connectivity index (χ0v) is 30.8. The fourth-order valence-electron chi connectivity index (χ4n) is 8.07. The number of aromatic nitrogens is 5. The first-order valence-electron chi connectivity index (χ1n) is 19.1. The van der Waals surface area contributed by atoms with Crippen LogP contribution in [0.25, 0.3) is 106 Å². The van der Waals surface area contributed by atoms with E-state index in [-0.39, 0.29) is 0 Å². The van der Waals surface area contributed by atoms with E-state index < -0.39 is 0 Å². The monoisotopic (exact) mass is 727 g/mol. The highest BCUT2D eigenvalue weighted by atomic mass is 15.0. The van der Waals surface area contributed by atoms with Gasteiger partial charge in [-0.15, -0.1) is 0 Å². The van der Waals surface area contributed by atoms with Crippen molar-refractivity contribution in [3.8, 4) is 62.2 Å². The molecule has 0 unspecified atom stereocenters. The van der Waals surface area contributed by atoms with Gasteiger partial charge in [0.1, 0.15) is 0 Å². The molecule has 0 atom stereocenters. The SMILES string of the molecule is c1ccc(-c2nc(-c3ccccc3)nc(-c3ccc(-c4ccc5c(c4)c4cc6nc(-c7ccccc7)c7ccccc7c6cc4n5-c4ccccc4)cc3)n2)cc1. The van der Waals surface area contributed by atoms with E-state index in [9.17, 15) is 0 Å². The first-order chi connectivity index (χ1) is 28.2. The van der Waals surface area contributed by atoms with Gasteiger partial charge in [0.25, 0.3) is 0 Å². The van der Waals surface area contributed by atoms with Crippen LogP contribution < -0.4 is 0 Å². The second kappa shape index (κ2) is 13.5. The number of rotatable bonds is 6. The Labute approximate surface area is 329 Å². The number of nitrogens with zero attached hydrogens (tertiary/aromatic N) is 5. The Hall–Kier alpha value is -7.76. The zero-order valence-electron chi connectivity index (χ0n) is 30.8. The first-order valence-corrected chi connectivity index (χ1v) is 19.1. The molecule has 3 heterocycles. The van der Waals surface area contributed by atoms with Gasteiger partial charge >= 0.3 is 0 Å². The molecular weight excluding hydrogens is 695 g/mol. The maximum absolute atomic E-state index is 5.36. The third-order valence-electron chi connectivity index (χ3n) is 10.8. The molecule has 5 heteroatoms. The minimum Gasteiger partial charge on any atom is -0.309 e. The largest absolute Gasteiger partial charge is 0.309 e. The summed E-state index contributed by atoms with van der Waals surface area (Å²) in [4.78, 5) is 20.1. The Bertz CT molecular complexity index is 3190. The fourth-order valence-corrected chi connectivity index (χ4v) is 8.07. The summed E-state index contributed by atoms with van der Waals surface area (Å²) in [6.07, 6.45) is 0. The molecule has 0 amide bonds. The quantitative estimate of drug-likeness (QED) is 0.160. The van der Waals surface area contributed by atoms with E-state index in [1.807, 2.05) is 60.7 Å². The van der Waals surface area contributed by atoms with Gasteiger partial charge in [-0.1, -0.05) is 164 Å². The minimum atomic E-state index is 0.636. The van der Waals surface area contributed by atoms with Crippen molar-refractivity contribution in [2.45, 2.75) is 0 Å². The van der Waals surface area contributed by atoms with Crippen LogP contribution in [-0.4, -0.2) is 24.5 Å². The number of hydrogen-bond acceptors (Lipinski definition) is 4. The van der Waals surface area contributed by atoms with Gasteiger partial charge < -0.3 is 4.57 Å². The van der Waals surface area contributed by atoms with Crippen LogP contribution in [0.5, 0.6) is 0 Å². The second-order valence-electron chi connectivity index (χ2n) is 14.3. The van der Waals surface area contributed by atoms with Gasteiger partial charge in [-0.25, -0.2) is 19.9 Å². The van der Waals surface area contributed by atoms with Crippen molar-refractivity contribution in [3.05, 3.63) is 200 Å². The topological polar surface area (TPSA) is 56.5 Å². The number of para-hydroxylation sites is 1. The lowest BCUT2D eigenvalue weighted by molar-refractivity contribution is 1.07. The van der Waals surface area contributed by atoms with Crippen LogP contribution in [0, 0.1) is 0 Å². The van der Waals surface area contributed by atoms with E-state index in [0.717, 1.165) is 77.5 Å². The van der Waals surface area contributed by atoms with Crippen LogP contribution >= 0.6 is 0 Å². The van der Waals surface area contributed by atoms with Crippen LogP contribution in [0.3, 0.4) is 0 Å². The standard InChI is InChI=1S/C52H33N5/c1-5-15-35(16-6-1)49-42-24-14-13-23-41(42)43-33-48-45(32-46(43)53-49)44-31-39(29-30-47(44)57(48)40-21-11-4-12-22-40)34-25-27-38(28-26-34)52-55-50(36-17-7-2-8-18-36)54-51(56-52)37-19-9-3-10-20-37/h1-33H. The Morgan fingerprint density at radius 2 is 0.754 bits per heavy atom. The Kier molecular flexibility index (Phi) is 7.74. The molecule has 5 nitrogen and oxygen atoms in total. The van der Waals surface area contributed by atoms with Crippen LogP contribution in [0.1, 0.15) is 0 Å². The van der Waals surface area contributed by atoms with Gasteiger partial charge in [0.05, 0.1) is 22.2 Å². The van der Waals surface area contributed by atoms with Crippen molar-refractivity contribution in [1.29, 1.82) is 0 Å². The molecule has 0 aliphatic carbocycles. The molecule has 0 radical (unpaired) electrons. The maximum Gasteiger partial charge on any atom is 0.164 e. The van der Waals surface area contributed by atoms with Crippen molar-refractivity contribution in [1.82, 2.24) is 24.5 Å². The summed E-state index contributed by atoms with van der Waals surface area (Å²) < 4.78 is 2.38. The highest BCUT2D eigenvalue weighted by Crippen LogP contribution is 2.40. The average Bonchev–Trinajstić information content (AvgIpc) is 3.61. The maximum atomic E-state index is 5.36. The Balaban J connectivity index is 1.07. The molecule has 3 aromatic heterocycles. The summed E-state index contributed by atoms with van der Waals surface area (Å²) in [6.45, 7) is 0. The van der Waals surface area contributed by atoms with Gasteiger partial charge in [0, 0.05) is 49.5 Å². The smallest absolute Gasteiger partial charge is 0.164 e. The molecule has 0 saturated heterocycles. The molecular formula is C52H33N5. The molecule has 0 aliphatic heterocycles. The van der Waals surface area contributed by atoms with E-state index in [4.69, 9.17) is 19.9 Å². The van der Waals surface area contributed by atoms with Gasteiger partial charge in [0.15, 0.2) is 17.5 Å². The average molecular weight is 728 g/mol. The van der Waals surface area contributed by atoms with E-state index in [2.05, 4.69) is 144 Å². The Morgan fingerprint density at radius 3 is 1.37 bits per heavy atom. The van der Waals surface area contributed by atoms with Crippen molar-refractivity contribution < 1.29 is 0 Å². The lowest BCUT2D eigenvalue weighted by Gasteiger charge is -2.12. The van der Waals surface area contributed by atoms with Gasteiger partial charge in [0.2, 0.25) is 0 Å². The van der Waals surface area contributed by atoms with Crippen molar-refractivity contribution >= 4 is 43.5 Å². The lowest BCUT2D eigenvalue weighted by atomic mass is 9.98. The molecule has 8 aromatic carbocycles. The van der Waals surface area contributed by atoms with E-state index in [1.165, 1.54) is 10.8 Å². The lowest BCUT2D eigenvalue weighted by Crippen LogP contribution is -2.00. The summed E-state index contributed by atoms with van der Waals surface area (Å²) >= 11 is 0. The highest BCUT2D eigenvalue weighted by molar-refractivity contribution is 6.19. The second-order valence-corrected chi connectivity index (χ2v) is 14.3. The summed E-state index contributed by atoms with van der Waals surface area (Å²) in [6, 6.07) is 69.9. The third kappa shape index (κ3) is 5.72. The van der Waals surface area contributed by atoms with Gasteiger partial charge in [-0.05, 0) is 52.9 Å². The number of pyridine rings is 1. The third-order valence-corrected chi connectivity index (χ3v) is 10.8. The van der Waals surface area contributed by atoms with E-state index in [0.29, 0.717) is 17.5 Å². The molecule has 57 heavy (non-hydrogen) atoms.